The zero-order chi connectivity index (χ0) is 18.0. The van der Waals surface area contributed by atoms with E-state index in [1.165, 1.54) is 31.5 Å². The monoisotopic (exact) mass is 487 g/mol. The summed E-state index contributed by atoms with van der Waals surface area (Å²) in [6, 6.07) is 11.2. The number of benzene rings is 1. The van der Waals surface area contributed by atoms with Crippen LogP contribution in [0.15, 0.2) is 35.3 Å². The molecule has 0 amide bonds. The Morgan fingerprint density at radius 2 is 1.78 bits per heavy atom. The third-order valence-electron chi connectivity index (χ3n) is 5.28. The van der Waals surface area contributed by atoms with Crippen molar-refractivity contribution < 1.29 is 4.74 Å². The van der Waals surface area contributed by atoms with Crippen LogP contribution in [-0.4, -0.2) is 81.8 Å². The van der Waals surface area contributed by atoms with Crippen LogP contribution in [0.4, 0.5) is 0 Å². The van der Waals surface area contributed by atoms with Crippen LogP contribution >= 0.6 is 24.0 Å². The minimum Gasteiger partial charge on any atom is -0.379 e. The number of likely N-dealkylation sites (tertiary alicyclic amines) is 1. The van der Waals surface area contributed by atoms with Gasteiger partial charge in [-0.15, -0.1) is 24.0 Å². The molecule has 2 aliphatic heterocycles. The number of nitrogens with one attached hydrogen (secondary N) is 2. The van der Waals surface area contributed by atoms with E-state index in [-0.39, 0.29) is 24.0 Å². The average molecular weight is 487 g/mol. The molecular formula is C20H34IN5O. The van der Waals surface area contributed by atoms with Crippen molar-refractivity contribution in [2.45, 2.75) is 18.9 Å². The SMILES string of the molecule is CN=C(NCCN1CCOCC1)NCC(c1ccccc1)N1CCCC1.I. The van der Waals surface area contributed by atoms with Gasteiger partial charge in [0, 0.05) is 39.8 Å². The molecule has 1 aromatic carbocycles. The number of nitrogens with zero attached hydrogens (tertiary/aromatic N) is 3. The lowest BCUT2D eigenvalue weighted by Gasteiger charge is -2.29. The maximum atomic E-state index is 5.40. The van der Waals surface area contributed by atoms with Gasteiger partial charge in [0.05, 0.1) is 19.3 Å². The van der Waals surface area contributed by atoms with Gasteiger partial charge in [0.15, 0.2) is 5.96 Å². The Hall–Kier alpha value is -0.900. The van der Waals surface area contributed by atoms with E-state index >= 15 is 0 Å². The number of morpholine rings is 1. The van der Waals surface area contributed by atoms with Crippen molar-refractivity contribution in [2.24, 2.45) is 4.99 Å². The zero-order valence-corrected chi connectivity index (χ0v) is 18.7. The van der Waals surface area contributed by atoms with Crippen LogP contribution in [-0.2, 0) is 4.74 Å². The summed E-state index contributed by atoms with van der Waals surface area (Å²) in [5.41, 5.74) is 1.38. The number of hydrogen-bond donors (Lipinski definition) is 2. The quantitative estimate of drug-likeness (QED) is 0.350. The Balaban J connectivity index is 0.00000261. The first kappa shape index (κ1) is 22.4. The molecule has 0 bridgehead atoms. The van der Waals surface area contributed by atoms with Crippen LogP contribution in [0.3, 0.4) is 0 Å². The van der Waals surface area contributed by atoms with E-state index in [2.05, 4.69) is 55.8 Å². The molecule has 1 atom stereocenters. The van der Waals surface area contributed by atoms with Crippen molar-refractivity contribution in [3.63, 3.8) is 0 Å². The summed E-state index contributed by atoms with van der Waals surface area (Å²) in [6.07, 6.45) is 2.60. The van der Waals surface area contributed by atoms with Crippen LogP contribution in [0.25, 0.3) is 0 Å². The lowest BCUT2D eigenvalue weighted by atomic mass is 10.1. The Bertz CT molecular complexity index is 545. The third-order valence-corrected chi connectivity index (χ3v) is 5.28. The lowest BCUT2D eigenvalue weighted by Crippen LogP contribution is -2.46. The van der Waals surface area contributed by atoms with Crippen molar-refractivity contribution in [3.05, 3.63) is 35.9 Å². The van der Waals surface area contributed by atoms with Crippen molar-refractivity contribution in [1.29, 1.82) is 0 Å². The summed E-state index contributed by atoms with van der Waals surface area (Å²) in [7, 11) is 1.84. The molecule has 2 aliphatic rings. The summed E-state index contributed by atoms with van der Waals surface area (Å²) in [4.78, 5) is 9.41. The van der Waals surface area contributed by atoms with Gasteiger partial charge in [0.2, 0.25) is 0 Å². The average Bonchev–Trinajstić information content (AvgIpc) is 3.23. The minimum absolute atomic E-state index is 0. The van der Waals surface area contributed by atoms with Gasteiger partial charge < -0.3 is 15.4 Å². The fourth-order valence-corrected chi connectivity index (χ4v) is 3.76. The molecule has 2 saturated heterocycles. The summed E-state index contributed by atoms with van der Waals surface area (Å²) >= 11 is 0. The van der Waals surface area contributed by atoms with E-state index in [1.807, 2.05) is 7.05 Å². The fraction of sp³-hybridized carbons (Fsp3) is 0.650. The van der Waals surface area contributed by atoms with Crippen LogP contribution in [0, 0.1) is 0 Å². The molecule has 0 aliphatic carbocycles. The van der Waals surface area contributed by atoms with Crippen LogP contribution < -0.4 is 10.6 Å². The van der Waals surface area contributed by atoms with E-state index in [0.29, 0.717) is 6.04 Å². The van der Waals surface area contributed by atoms with Gasteiger partial charge in [-0.3, -0.25) is 14.8 Å². The van der Waals surface area contributed by atoms with Gasteiger partial charge in [0.1, 0.15) is 0 Å². The molecular weight excluding hydrogens is 453 g/mol. The Kier molecular flexibility index (Phi) is 10.4. The van der Waals surface area contributed by atoms with Crippen LogP contribution in [0.5, 0.6) is 0 Å². The normalized spacial score (nSPS) is 20.1. The molecule has 0 saturated carbocycles. The number of rotatable bonds is 7. The Morgan fingerprint density at radius 1 is 1.07 bits per heavy atom. The maximum absolute atomic E-state index is 5.40. The van der Waals surface area contributed by atoms with E-state index in [0.717, 1.165) is 51.9 Å². The van der Waals surface area contributed by atoms with Gasteiger partial charge in [-0.25, -0.2) is 0 Å². The summed E-state index contributed by atoms with van der Waals surface area (Å²) in [6.45, 7) is 8.92. The first-order chi connectivity index (χ1) is 12.9. The maximum Gasteiger partial charge on any atom is 0.191 e. The molecule has 0 radical (unpaired) electrons. The molecule has 27 heavy (non-hydrogen) atoms. The summed E-state index contributed by atoms with van der Waals surface area (Å²) in [5.74, 6) is 0.887. The van der Waals surface area contributed by atoms with E-state index in [4.69, 9.17) is 4.74 Å². The summed E-state index contributed by atoms with van der Waals surface area (Å²) in [5, 5.41) is 6.99. The smallest absolute Gasteiger partial charge is 0.191 e. The zero-order valence-electron chi connectivity index (χ0n) is 16.4. The second kappa shape index (κ2) is 12.5. The second-order valence-corrected chi connectivity index (χ2v) is 7.00. The topological polar surface area (TPSA) is 52.1 Å². The number of hydrogen-bond acceptors (Lipinski definition) is 4. The highest BCUT2D eigenvalue weighted by atomic mass is 127. The molecule has 0 aromatic heterocycles. The number of halogens is 1. The number of guanidine groups is 1. The van der Waals surface area contributed by atoms with Crippen molar-refractivity contribution in [3.8, 4) is 0 Å². The molecule has 7 heteroatoms. The van der Waals surface area contributed by atoms with Gasteiger partial charge in [0.25, 0.3) is 0 Å². The number of ether oxygens (including phenoxy) is 1. The molecule has 2 heterocycles. The number of aliphatic imine (C=N–C) groups is 1. The van der Waals surface area contributed by atoms with Crippen LogP contribution in [0.2, 0.25) is 0 Å². The van der Waals surface area contributed by atoms with E-state index in [1.54, 1.807) is 0 Å². The Morgan fingerprint density at radius 3 is 2.44 bits per heavy atom. The molecule has 1 aromatic rings. The Labute approximate surface area is 180 Å². The molecule has 1 unspecified atom stereocenters. The standard InChI is InChI=1S/C20H33N5O.HI/c1-21-20(22-9-12-24-13-15-26-16-14-24)23-17-19(25-10-5-6-11-25)18-7-3-2-4-8-18;/h2-4,7-8,19H,5-6,9-17H2,1H3,(H2,21,22,23);1H. The first-order valence-electron chi connectivity index (χ1n) is 9.90. The predicted molar refractivity (Wildman–Crippen MR) is 122 cm³/mol. The van der Waals surface area contributed by atoms with Crippen molar-refractivity contribution >= 4 is 29.9 Å². The van der Waals surface area contributed by atoms with E-state index < -0.39 is 0 Å². The first-order valence-corrected chi connectivity index (χ1v) is 9.90. The second-order valence-electron chi connectivity index (χ2n) is 7.00. The lowest BCUT2D eigenvalue weighted by molar-refractivity contribution is 0.0389. The molecule has 2 fully saturated rings. The molecule has 6 nitrogen and oxygen atoms in total. The molecule has 2 N–H and O–H groups in total. The molecule has 0 spiro atoms. The fourth-order valence-electron chi connectivity index (χ4n) is 3.76. The van der Waals surface area contributed by atoms with Gasteiger partial charge in [-0.05, 0) is 31.5 Å². The van der Waals surface area contributed by atoms with Gasteiger partial charge >= 0.3 is 0 Å². The molecule has 152 valence electrons. The van der Waals surface area contributed by atoms with Gasteiger partial charge in [-0.2, -0.15) is 0 Å². The highest BCUT2D eigenvalue weighted by molar-refractivity contribution is 14.0. The molecule has 3 rings (SSSR count). The highest BCUT2D eigenvalue weighted by Crippen LogP contribution is 2.24. The van der Waals surface area contributed by atoms with Crippen LogP contribution in [0.1, 0.15) is 24.4 Å². The minimum atomic E-state index is 0. The highest BCUT2D eigenvalue weighted by Gasteiger charge is 2.23. The third kappa shape index (κ3) is 7.21. The van der Waals surface area contributed by atoms with Crippen molar-refractivity contribution in [2.75, 3.05) is 66.1 Å². The van der Waals surface area contributed by atoms with Crippen molar-refractivity contribution in [1.82, 2.24) is 20.4 Å². The predicted octanol–water partition coefficient (Wildman–Crippen LogP) is 1.94. The largest absolute Gasteiger partial charge is 0.379 e. The van der Waals surface area contributed by atoms with E-state index in [9.17, 15) is 0 Å². The summed E-state index contributed by atoms with van der Waals surface area (Å²) < 4.78 is 5.40. The van der Waals surface area contributed by atoms with Gasteiger partial charge in [-0.1, -0.05) is 30.3 Å².